The van der Waals surface area contributed by atoms with Gasteiger partial charge >= 0.3 is 0 Å². The number of likely N-dealkylation sites (tertiary alicyclic amines) is 1. The molecule has 30 heavy (non-hydrogen) atoms. The molecule has 4 rings (SSSR count). The van der Waals surface area contributed by atoms with Crippen LogP contribution in [0.3, 0.4) is 0 Å². The van der Waals surface area contributed by atoms with E-state index >= 15 is 0 Å². The third kappa shape index (κ3) is 4.66. The molecule has 160 valence electrons. The van der Waals surface area contributed by atoms with Crippen LogP contribution in [-0.2, 0) is 7.05 Å². The van der Waals surface area contributed by atoms with Gasteiger partial charge in [-0.1, -0.05) is 12.1 Å². The SMILES string of the molecule is Cl.Cn1c(=S)n(C2CCN(CCCC(=O)c3ccc(F)cc3)CC2)c2ccccc21. The van der Waals surface area contributed by atoms with Crippen molar-refractivity contribution in [2.75, 3.05) is 19.6 Å². The number of Topliss-reactive ketones (excluding diaryl/α,β-unsaturated/α-hetero) is 1. The fourth-order valence-corrected chi connectivity index (χ4v) is 4.66. The number of ketones is 1. The number of fused-ring (bicyclic) bond motifs is 1. The number of hydrogen-bond donors (Lipinski definition) is 0. The molecule has 0 aliphatic carbocycles. The van der Waals surface area contributed by atoms with Crippen LogP contribution in [0.1, 0.15) is 42.1 Å². The number of aromatic nitrogens is 2. The lowest BCUT2D eigenvalue weighted by Gasteiger charge is -2.32. The summed E-state index contributed by atoms with van der Waals surface area (Å²) in [4.78, 5) is 14.7. The van der Waals surface area contributed by atoms with Gasteiger partial charge in [0.1, 0.15) is 5.82 Å². The summed E-state index contributed by atoms with van der Waals surface area (Å²) in [5.41, 5.74) is 2.98. The maximum absolute atomic E-state index is 13.0. The third-order valence-corrected chi connectivity index (χ3v) is 6.43. The lowest BCUT2D eigenvalue weighted by Crippen LogP contribution is -2.35. The molecule has 1 aliphatic heterocycles. The van der Waals surface area contributed by atoms with Crippen LogP contribution in [0.2, 0.25) is 0 Å². The van der Waals surface area contributed by atoms with Crippen LogP contribution in [0.15, 0.2) is 48.5 Å². The van der Waals surface area contributed by atoms with E-state index in [1.54, 1.807) is 12.1 Å². The van der Waals surface area contributed by atoms with E-state index in [0.717, 1.165) is 43.7 Å². The monoisotopic (exact) mass is 447 g/mol. The molecule has 2 heterocycles. The lowest BCUT2D eigenvalue weighted by molar-refractivity contribution is 0.0970. The minimum absolute atomic E-state index is 0. The first-order valence-corrected chi connectivity index (χ1v) is 10.6. The topological polar surface area (TPSA) is 30.2 Å². The summed E-state index contributed by atoms with van der Waals surface area (Å²) < 4.78 is 18.3. The summed E-state index contributed by atoms with van der Waals surface area (Å²) in [5.74, 6) is -0.224. The zero-order valence-corrected chi connectivity index (χ0v) is 18.7. The lowest BCUT2D eigenvalue weighted by atomic mass is 10.0. The Morgan fingerprint density at radius 3 is 2.37 bits per heavy atom. The molecule has 0 amide bonds. The molecule has 1 aromatic heterocycles. The number of nitrogens with zero attached hydrogens (tertiary/aromatic N) is 3. The molecule has 0 saturated carbocycles. The van der Waals surface area contributed by atoms with E-state index in [2.05, 4.69) is 38.3 Å². The molecule has 0 N–H and O–H groups in total. The Balaban J connectivity index is 0.00000256. The van der Waals surface area contributed by atoms with Crippen LogP contribution in [0.25, 0.3) is 11.0 Å². The Labute approximate surface area is 187 Å². The van der Waals surface area contributed by atoms with Crippen molar-refractivity contribution in [2.24, 2.45) is 7.05 Å². The number of imidazole rings is 1. The molecule has 3 aromatic rings. The molecule has 0 unspecified atom stereocenters. The van der Waals surface area contributed by atoms with Crippen molar-refractivity contribution in [1.29, 1.82) is 0 Å². The van der Waals surface area contributed by atoms with Crippen molar-refractivity contribution in [3.8, 4) is 0 Å². The number of aryl methyl sites for hydroxylation is 1. The predicted octanol–water partition coefficient (Wildman–Crippen LogP) is 5.57. The number of benzene rings is 2. The van der Waals surface area contributed by atoms with Crippen molar-refractivity contribution in [1.82, 2.24) is 14.0 Å². The van der Waals surface area contributed by atoms with E-state index in [4.69, 9.17) is 12.2 Å². The molecular formula is C23H27ClFN3OS. The van der Waals surface area contributed by atoms with Crippen molar-refractivity contribution in [3.05, 3.63) is 64.7 Å². The van der Waals surface area contributed by atoms with Gasteiger partial charge in [-0.05, 0) is 74.4 Å². The Hall–Kier alpha value is -2.02. The first-order chi connectivity index (χ1) is 14.0. The molecule has 1 fully saturated rings. The highest BCUT2D eigenvalue weighted by atomic mass is 35.5. The van der Waals surface area contributed by atoms with Crippen molar-refractivity contribution in [3.63, 3.8) is 0 Å². The normalized spacial score (nSPS) is 15.3. The maximum atomic E-state index is 13.0. The Morgan fingerprint density at radius 2 is 1.70 bits per heavy atom. The van der Waals surface area contributed by atoms with Gasteiger partial charge in [0.2, 0.25) is 0 Å². The first-order valence-electron chi connectivity index (χ1n) is 10.2. The molecule has 0 spiro atoms. The minimum atomic E-state index is -0.310. The van der Waals surface area contributed by atoms with Crippen LogP contribution in [-0.4, -0.2) is 39.5 Å². The minimum Gasteiger partial charge on any atom is -0.320 e. The standard InChI is InChI=1S/C23H26FN3OS.ClH/c1-25-20-5-2-3-6-21(20)27(23(25)29)19-12-15-26(16-13-19)14-4-7-22(28)17-8-10-18(24)11-9-17;/h2-3,5-6,8-11,19H,4,7,12-16H2,1H3;1H. The third-order valence-electron chi connectivity index (χ3n) is 5.96. The fourth-order valence-electron chi connectivity index (χ4n) is 4.32. The van der Waals surface area contributed by atoms with E-state index < -0.39 is 0 Å². The van der Waals surface area contributed by atoms with Crippen molar-refractivity contribution < 1.29 is 9.18 Å². The van der Waals surface area contributed by atoms with Crippen LogP contribution >= 0.6 is 24.6 Å². The van der Waals surface area contributed by atoms with E-state index in [9.17, 15) is 9.18 Å². The maximum Gasteiger partial charge on any atom is 0.180 e. The van der Waals surface area contributed by atoms with Gasteiger partial charge in [0, 0.05) is 38.2 Å². The summed E-state index contributed by atoms with van der Waals surface area (Å²) in [6, 6.07) is 14.6. The van der Waals surface area contributed by atoms with Gasteiger partial charge in [-0.15, -0.1) is 12.4 Å². The fraction of sp³-hybridized carbons (Fsp3) is 0.391. The largest absolute Gasteiger partial charge is 0.320 e. The van der Waals surface area contributed by atoms with Gasteiger partial charge in [-0.3, -0.25) is 4.79 Å². The second kappa shape index (κ2) is 9.86. The van der Waals surface area contributed by atoms with E-state index in [1.165, 1.54) is 23.2 Å². The van der Waals surface area contributed by atoms with Crippen LogP contribution in [0, 0.1) is 10.6 Å². The second-order valence-electron chi connectivity index (χ2n) is 7.81. The van der Waals surface area contributed by atoms with Gasteiger partial charge in [0.25, 0.3) is 0 Å². The Kier molecular flexibility index (Phi) is 7.45. The van der Waals surface area contributed by atoms with Crippen LogP contribution < -0.4 is 0 Å². The summed E-state index contributed by atoms with van der Waals surface area (Å²) in [7, 11) is 2.04. The van der Waals surface area contributed by atoms with E-state index in [1.807, 2.05) is 7.05 Å². The predicted molar refractivity (Wildman–Crippen MR) is 124 cm³/mol. The average Bonchev–Trinajstić information content (AvgIpc) is 3.00. The van der Waals surface area contributed by atoms with Gasteiger partial charge in [0.05, 0.1) is 11.0 Å². The summed E-state index contributed by atoms with van der Waals surface area (Å²) in [6.45, 7) is 2.95. The van der Waals surface area contributed by atoms with Crippen molar-refractivity contribution >= 4 is 41.4 Å². The van der Waals surface area contributed by atoms with Gasteiger partial charge < -0.3 is 14.0 Å². The number of carbonyl (C=O) groups excluding carboxylic acids is 1. The van der Waals surface area contributed by atoms with Crippen LogP contribution in [0.4, 0.5) is 4.39 Å². The van der Waals surface area contributed by atoms with Gasteiger partial charge in [0.15, 0.2) is 10.6 Å². The van der Waals surface area contributed by atoms with E-state index in [-0.39, 0.29) is 24.0 Å². The molecular weight excluding hydrogens is 421 g/mol. The van der Waals surface area contributed by atoms with Gasteiger partial charge in [-0.2, -0.15) is 0 Å². The van der Waals surface area contributed by atoms with Gasteiger partial charge in [-0.25, -0.2) is 4.39 Å². The quantitative estimate of drug-likeness (QED) is 0.365. The average molecular weight is 448 g/mol. The second-order valence-corrected chi connectivity index (χ2v) is 8.17. The molecule has 2 aromatic carbocycles. The summed E-state index contributed by atoms with van der Waals surface area (Å²) in [6.07, 6.45) is 3.46. The van der Waals surface area contributed by atoms with E-state index in [0.29, 0.717) is 18.0 Å². The van der Waals surface area contributed by atoms with Crippen LogP contribution in [0.5, 0.6) is 0 Å². The summed E-state index contributed by atoms with van der Waals surface area (Å²) >= 11 is 5.71. The number of hydrogen-bond acceptors (Lipinski definition) is 3. The Morgan fingerprint density at radius 1 is 1.07 bits per heavy atom. The molecule has 0 bridgehead atoms. The zero-order valence-electron chi connectivity index (χ0n) is 17.1. The highest BCUT2D eigenvalue weighted by molar-refractivity contribution is 7.71. The zero-order chi connectivity index (χ0) is 20.4. The molecule has 1 aliphatic rings. The highest BCUT2D eigenvalue weighted by Gasteiger charge is 2.23. The Bertz CT molecular complexity index is 1070. The number of halogens is 2. The first kappa shape index (κ1) is 22.7. The molecule has 0 radical (unpaired) electrons. The summed E-state index contributed by atoms with van der Waals surface area (Å²) in [5, 5.41) is 0. The molecule has 1 saturated heterocycles. The number of piperidine rings is 1. The molecule has 4 nitrogen and oxygen atoms in total. The smallest absolute Gasteiger partial charge is 0.180 e. The number of carbonyl (C=O) groups is 1. The number of para-hydroxylation sites is 2. The number of rotatable bonds is 6. The van der Waals surface area contributed by atoms with Crippen molar-refractivity contribution in [2.45, 2.75) is 31.7 Å². The molecule has 0 atom stereocenters. The molecule has 7 heteroatoms. The highest BCUT2D eigenvalue weighted by Crippen LogP contribution is 2.28.